The number of hydrogen-bond acceptors (Lipinski definition) is 7. The lowest BCUT2D eigenvalue weighted by molar-refractivity contribution is 0.0949. The second-order valence-corrected chi connectivity index (χ2v) is 6.16. The number of aromatic nitrogens is 3. The first-order chi connectivity index (χ1) is 14.2. The summed E-state index contributed by atoms with van der Waals surface area (Å²) in [6, 6.07) is 13.0. The maximum Gasteiger partial charge on any atom is 0.270 e. The molecule has 1 aromatic carbocycles. The van der Waals surface area contributed by atoms with Gasteiger partial charge in [0.1, 0.15) is 17.8 Å². The van der Waals surface area contributed by atoms with Crippen LogP contribution in [0.15, 0.2) is 55.0 Å². The summed E-state index contributed by atoms with van der Waals surface area (Å²) in [4.78, 5) is 24.8. The summed E-state index contributed by atoms with van der Waals surface area (Å²) in [6.07, 6.45) is 3.75. The van der Waals surface area contributed by atoms with E-state index in [4.69, 9.17) is 9.47 Å². The molecule has 0 saturated heterocycles. The third-order valence-electron chi connectivity index (χ3n) is 4.22. The minimum Gasteiger partial charge on any atom is -0.493 e. The van der Waals surface area contributed by atoms with Gasteiger partial charge in [0.15, 0.2) is 11.5 Å². The highest BCUT2D eigenvalue weighted by Crippen LogP contribution is 2.27. The summed E-state index contributed by atoms with van der Waals surface area (Å²) < 4.78 is 10.5. The number of pyridine rings is 1. The van der Waals surface area contributed by atoms with Crippen LogP contribution < -0.4 is 20.1 Å². The van der Waals surface area contributed by atoms with Crippen LogP contribution in [0, 0.1) is 0 Å². The van der Waals surface area contributed by atoms with Gasteiger partial charge in [-0.15, -0.1) is 0 Å². The Labute approximate surface area is 169 Å². The van der Waals surface area contributed by atoms with Crippen molar-refractivity contribution in [2.24, 2.45) is 0 Å². The zero-order valence-corrected chi connectivity index (χ0v) is 16.4. The van der Waals surface area contributed by atoms with E-state index in [1.165, 1.54) is 6.33 Å². The third kappa shape index (κ3) is 5.65. The fraction of sp³-hybridized carbons (Fsp3) is 0.238. The Morgan fingerprint density at radius 1 is 1.00 bits per heavy atom. The molecular weight excluding hydrogens is 370 g/mol. The summed E-state index contributed by atoms with van der Waals surface area (Å²) in [7, 11) is 3.19. The van der Waals surface area contributed by atoms with Crippen molar-refractivity contribution in [3.8, 4) is 11.5 Å². The highest BCUT2D eigenvalue weighted by Gasteiger charge is 2.09. The van der Waals surface area contributed by atoms with Gasteiger partial charge in [-0.25, -0.2) is 9.97 Å². The van der Waals surface area contributed by atoms with Crippen molar-refractivity contribution in [1.29, 1.82) is 0 Å². The van der Waals surface area contributed by atoms with Crippen LogP contribution in [0.4, 0.5) is 5.82 Å². The van der Waals surface area contributed by atoms with E-state index in [0.29, 0.717) is 42.5 Å². The van der Waals surface area contributed by atoms with Crippen LogP contribution in [0.3, 0.4) is 0 Å². The number of nitrogens with one attached hydrogen (secondary N) is 2. The smallest absolute Gasteiger partial charge is 0.270 e. The van der Waals surface area contributed by atoms with Gasteiger partial charge in [-0.1, -0.05) is 12.1 Å². The molecule has 150 valence electrons. The Morgan fingerprint density at radius 2 is 1.86 bits per heavy atom. The first-order valence-corrected chi connectivity index (χ1v) is 9.14. The summed E-state index contributed by atoms with van der Waals surface area (Å²) in [5, 5.41) is 6.02. The number of benzene rings is 1. The molecule has 0 aliphatic heterocycles. The first-order valence-electron chi connectivity index (χ1n) is 9.14. The standard InChI is InChI=1S/C21H23N5O3/c1-28-18-7-6-15(11-19(18)29-2)8-10-23-21(27)17-12-20(26-14-25-17)24-13-16-5-3-4-9-22-16/h3-7,9,11-12,14H,8,10,13H2,1-2H3,(H,23,27)(H,24,25,26). The Bertz CT molecular complexity index is 950. The highest BCUT2D eigenvalue weighted by atomic mass is 16.5. The van der Waals surface area contributed by atoms with E-state index in [0.717, 1.165) is 11.3 Å². The summed E-state index contributed by atoms with van der Waals surface area (Å²) in [6.45, 7) is 0.979. The number of hydrogen-bond donors (Lipinski definition) is 2. The third-order valence-corrected chi connectivity index (χ3v) is 4.22. The topological polar surface area (TPSA) is 98.3 Å². The van der Waals surface area contributed by atoms with E-state index in [-0.39, 0.29) is 5.91 Å². The lowest BCUT2D eigenvalue weighted by Gasteiger charge is -2.10. The molecule has 2 heterocycles. The maximum absolute atomic E-state index is 12.4. The quantitative estimate of drug-likeness (QED) is 0.576. The molecule has 8 heteroatoms. The normalized spacial score (nSPS) is 10.3. The van der Waals surface area contributed by atoms with Crippen LogP contribution in [0.2, 0.25) is 0 Å². The molecule has 0 saturated carbocycles. The summed E-state index contributed by atoms with van der Waals surface area (Å²) >= 11 is 0. The van der Waals surface area contributed by atoms with Crippen LogP contribution in [0.1, 0.15) is 21.7 Å². The first kappa shape index (κ1) is 20.1. The molecule has 1 amide bonds. The number of methoxy groups -OCH3 is 2. The van der Waals surface area contributed by atoms with Gasteiger partial charge in [0.2, 0.25) is 0 Å². The highest BCUT2D eigenvalue weighted by molar-refractivity contribution is 5.92. The SMILES string of the molecule is COc1ccc(CCNC(=O)c2cc(NCc3ccccn3)ncn2)cc1OC. The van der Waals surface area contributed by atoms with Gasteiger partial charge in [0.05, 0.1) is 26.5 Å². The van der Waals surface area contributed by atoms with E-state index >= 15 is 0 Å². The zero-order chi connectivity index (χ0) is 20.5. The molecule has 0 aliphatic carbocycles. The monoisotopic (exact) mass is 393 g/mol. The van der Waals surface area contributed by atoms with E-state index in [1.807, 2.05) is 36.4 Å². The number of rotatable bonds is 9. The van der Waals surface area contributed by atoms with E-state index < -0.39 is 0 Å². The molecule has 0 aliphatic rings. The molecule has 0 spiro atoms. The average Bonchev–Trinajstić information content (AvgIpc) is 2.78. The van der Waals surface area contributed by atoms with E-state index in [1.54, 1.807) is 26.5 Å². The molecule has 0 unspecified atom stereocenters. The lowest BCUT2D eigenvalue weighted by Crippen LogP contribution is -2.26. The number of anilines is 1. The molecule has 29 heavy (non-hydrogen) atoms. The van der Waals surface area contributed by atoms with Crippen LogP contribution in [0.25, 0.3) is 0 Å². The number of carbonyl (C=O) groups excluding carboxylic acids is 1. The summed E-state index contributed by atoms with van der Waals surface area (Å²) in [5.41, 5.74) is 2.21. The van der Waals surface area contributed by atoms with Gasteiger partial charge in [0, 0.05) is 18.8 Å². The Kier molecular flexibility index (Phi) is 6.94. The Morgan fingerprint density at radius 3 is 2.62 bits per heavy atom. The second kappa shape index (κ2) is 10.0. The number of ether oxygens (including phenoxy) is 2. The van der Waals surface area contributed by atoms with Gasteiger partial charge in [0.25, 0.3) is 5.91 Å². The molecule has 3 rings (SSSR count). The number of amides is 1. The Balaban J connectivity index is 1.53. The average molecular weight is 393 g/mol. The maximum atomic E-state index is 12.4. The predicted molar refractivity (Wildman–Crippen MR) is 109 cm³/mol. The fourth-order valence-electron chi connectivity index (χ4n) is 2.71. The number of carbonyl (C=O) groups is 1. The van der Waals surface area contributed by atoms with Crippen molar-refractivity contribution >= 4 is 11.7 Å². The van der Waals surface area contributed by atoms with Crippen molar-refractivity contribution in [1.82, 2.24) is 20.3 Å². The largest absolute Gasteiger partial charge is 0.493 e. The van der Waals surface area contributed by atoms with Crippen LogP contribution in [-0.2, 0) is 13.0 Å². The Hall–Kier alpha value is -3.68. The van der Waals surface area contributed by atoms with Gasteiger partial charge in [-0.2, -0.15) is 0 Å². The molecule has 2 aromatic heterocycles. The van der Waals surface area contributed by atoms with Gasteiger partial charge in [-0.3, -0.25) is 9.78 Å². The van der Waals surface area contributed by atoms with Crippen molar-refractivity contribution in [3.05, 3.63) is 71.9 Å². The van der Waals surface area contributed by atoms with E-state index in [9.17, 15) is 4.79 Å². The molecule has 0 bridgehead atoms. The van der Waals surface area contributed by atoms with Crippen LogP contribution in [0.5, 0.6) is 11.5 Å². The number of nitrogens with zero attached hydrogens (tertiary/aromatic N) is 3. The molecular formula is C21H23N5O3. The van der Waals surface area contributed by atoms with Gasteiger partial charge < -0.3 is 20.1 Å². The van der Waals surface area contributed by atoms with E-state index in [2.05, 4.69) is 25.6 Å². The minimum atomic E-state index is -0.256. The van der Waals surface area contributed by atoms with Crippen molar-refractivity contribution in [2.45, 2.75) is 13.0 Å². The van der Waals surface area contributed by atoms with Gasteiger partial charge >= 0.3 is 0 Å². The minimum absolute atomic E-state index is 0.256. The van der Waals surface area contributed by atoms with Crippen LogP contribution in [-0.4, -0.2) is 41.6 Å². The molecule has 3 aromatic rings. The van der Waals surface area contributed by atoms with Crippen molar-refractivity contribution < 1.29 is 14.3 Å². The molecule has 8 nitrogen and oxygen atoms in total. The summed E-state index contributed by atoms with van der Waals surface area (Å²) in [5.74, 6) is 1.65. The predicted octanol–water partition coefficient (Wildman–Crippen LogP) is 2.47. The molecule has 0 atom stereocenters. The van der Waals surface area contributed by atoms with Crippen LogP contribution >= 0.6 is 0 Å². The second-order valence-electron chi connectivity index (χ2n) is 6.16. The molecule has 2 N–H and O–H groups in total. The fourth-order valence-corrected chi connectivity index (χ4v) is 2.71. The zero-order valence-electron chi connectivity index (χ0n) is 16.4. The molecule has 0 radical (unpaired) electrons. The van der Waals surface area contributed by atoms with Gasteiger partial charge in [-0.05, 0) is 36.2 Å². The lowest BCUT2D eigenvalue weighted by atomic mass is 10.1. The van der Waals surface area contributed by atoms with Crippen molar-refractivity contribution in [3.63, 3.8) is 0 Å². The molecule has 0 fully saturated rings. The van der Waals surface area contributed by atoms with Crippen molar-refractivity contribution in [2.75, 3.05) is 26.1 Å².